The second-order valence-electron chi connectivity index (χ2n) is 5.44. The minimum Gasteiger partial charge on any atom is -0.294 e. The molecule has 1 aliphatic rings. The summed E-state index contributed by atoms with van der Waals surface area (Å²) in [5.41, 5.74) is 2.43. The molecule has 0 spiro atoms. The van der Waals surface area contributed by atoms with E-state index in [4.69, 9.17) is 0 Å². The number of nitrogens with zero attached hydrogens (tertiary/aromatic N) is 3. The maximum absolute atomic E-state index is 4.59. The third-order valence-electron chi connectivity index (χ3n) is 3.90. The van der Waals surface area contributed by atoms with E-state index in [9.17, 15) is 0 Å². The molecule has 1 aromatic heterocycles. The number of hydrogen-bond donors (Lipinski definition) is 0. The van der Waals surface area contributed by atoms with Crippen molar-refractivity contribution in [3.63, 3.8) is 0 Å². The van der Waals surface area contributed by atoms with Crippen LogP contribution in [0.4, 0.5) is 0 Å². The van der Waals surface area contributed by atoms with Crippen LogP contribution < -0.4 is 0 Å². The SMILES string of the molecule is CCn1nc(C)c(Br)c1CN1CCCC1CC(C)Br. The first-order valence-electron chi connectivity index (χ1n) is 7.12. The maximum Gasteiger partial charge on any atom is 0.0739 e. The van der Waals surface area contributed by atoms with Gasteiger partial charge in [0.15, 0.2) is 0 Å². The van der Waals surface area contributed by atoms with Gasteiger partial charge in [-0.3, -0.25) is 9.58 Å². The van der Waals surface area contributed by atoms with Crippen molar-refractivity contribution in [3.8, 4) is 0 Å². The minimum atomic E-state index is 0.597. The standard InChI is InChI=1S/C14H23Br2N3/c1-4-19-13(14(16)11(3)17-19)9-18-7-5-6-12(18)8-10(2)15/h10,12H,4-9H2,1-3H3. The summed E-state index contributed by atoms with van der Waals surface area (Å²) in [6.07, 6.45) is 3.88. The van der Waals surface area contributed by atoms with Crippen LogP contribution in [0.3, 0.4) is 0 Å². The quantitative estimate of drug-likeness (QED) is 0.703. The van der Waals surface area contributed by atoms with Crippen molar-refractivity contribution < 1.29 is 0 Å². The van der Waals surface area contributed by atoms with Crippen LogP contribution in [0.15, 0.2) is 4.47 Å². The lowest BCUT2D eigenvalue weighted by molar-refractivity contribution is 0.228. The summed E-state index contributed by atoms with van der Waals surface area (Å²) in [4.78, 5) is 3.21. The van der Waals surface area contributed by atoms with Crippen LogP contribution >= 0.6 is 31.9 Å². The maximum atomic E-state index is 4.59. The Labute approximate surface area is 133 Å². The number of aryl methyl sites for hydroxylation is 2. The van der Waals surface area contributed by atoms with Gasteiger partial charge in [0, 0.05) is 24.0 Å². The summed E-state index contributed by atoms with van der Waals surface area (Å²) in [5.74, 6) is 0. The molecule has 0 amide bonds. The van der Waals surface area contributed by atoms with Crippen molar-refractivity contribution in [1.29, 1.82) is 0 Å². The lowest BCUT2D eigenvalue weighted by atomic mass is 10.1. The first-order chi connectivity index (χ1) is 9.02. The van der Waals surface area contributed by atoms with Gasteiger partial charge in [-0.15, -0.1) is 0 Å². The second-order valence-corrected chi connectivity index (χ2v) is 7.80. The number of aromatic nitrogens is 2. The summed E-state index contributed by atoms with van der Waals surface area (Å²) in [6, 6.07) is 0.710. The Morgan fingerprint density at radius 2 is 2.21 bits per heavy atom. The van der Waals surface area contributed by atoms with Gasteiger partial charge in [-0.05, 0) is 55.6 Å². The van der Waals surface area contributed by atoms with Gasteiger partial charge in [0.05, 0.1) is 15.9 Å². The molecule has 3 nitrogen and oxygen atoms in total. The van der Waals surface area contributed by atoms with Crippen molar-refractivity contribution in [2.24, 2.45) is 0 Å². The van der Waals surface area contributed by atoms with E-state index in [1.54, 1.807) is 0 Å². The fourth-order valence-corrected chi connectivity index (χ4v) is 3.80. The van der Waals surface area contributed by atoms with E-state index in [0.717, 1.165) is 18.8 Å². The smallest absolute Gasteiger partial charge is 0.0739 e. The number of alkyl halides is 1. The molecule has 0 aromatic carbocycles. The van der Waals surface area contributed by atoms with E-state index in [2.05, 4.69) is 67.3 Å². The predicted octanol–water partition coefficient (Wildman–Crippen LogP) is 4.11. The minimum absolute atomic E-state index is 0.597. The summed E-state index contributed by atoms with van der Waals surface area (Å²) in [5, 5.41) is 4.59. The van der Waals surface area contributed by atoms with Crippen molar-refractivity contribution in [2.45, 2.75) is 64.0 Å². The lowest BCUT2D eigenvalue weighted by Crippen LogP contribution is -2.31. The molecule has 0 radical (unpaired) electrons. The zero-order valence-corrected chi connectivity index (χ0v) is 15.2. The Balaban J connectivity index is 2.12. The Morgan fingerprint density at radius 1 is 1.47 bits per heavy atom. The highest BCUT2D eigenvalue weighted by Gasteiger charge is 2.27. The van der Waals surface area contributed by atoms with E-state index >= 15 is 0 Å². The molecule has 0 saturated carbocycles. The molecule has 19 heavy (non-hydrogen) atoms. The fraction of sp³-hybridized carbons (Fsp3) is 0.786. The number of hydrogen-bond acceptors (Lipinski definition) is 2. The zero-order valence-electron chi connectivity index (χ0n) is 12.0. The average molecular weight is 393 g/mol. The average Bonchev–Trinajstić information content (AvgIpc) is 2.88. The molecule has 2 unspecified atom stereocenters. The largest absolute Gasteiger partial charge is 0.294 e. The molecular formula is C14H23Br2N3. The summed E-state index contributed by atoms with van der Waals surface area (Å²) in [7, 11) is 0. The Hall–Kier alpha value is 0.130. The van der Waals surface area contributed by atoms with Crippen LogP contribution in [0.1, 0.15) is 44.5 Å². The second kappa shape index (κ2) is 6.72. The molecule has 2 atom stereocenters. The molecule has 108 valence electrons. The Bertz CT molecular complexity index is 429. The molecule has 0 N–H and O–H groups in total. The van der Waals surface area contributed by atoms with Gasteiger partial charge in [-0.25, -0.2) is 0 Å². The van der Waals surface area contributed by atoms with Gasteiger partial charge in [-0.2, -0.15) is 5.10 Å². The first-order valence-corrected chi connectivity index (χ1v) is 8.83. The lowest BCUT2D eigenvalue weighted by Gasteiger charge is -2.25. The fourth-order valence-electron chi connectivity index (χ4n) is 2.96. The number of halogens is 2. The van der Waals surface area contributed by atoms with Gasteiger partial charge < -0.3 is 0 Å². The predicted molar refractivity (Wildman–Crippen MR) is 86.8 cm³/mol. The Kier molecular flexibility index (Phi) is 5.49. The van der Waals surface area contributed by atoms with Crippen molar-refractivity contribution in [1.82, 2.24) is 14.7 Å². The third-order valence-corrected chi connectivity index (χ3v) is 5.31. The Morgan fingerprint density at radius 3 is 2.84 bits per heavy atom. The molecular weight excluding hydrogens is 370 g/mol. The van der Waals surface area contributed by atoms with E-state index < -0.39 is 0 Å². The third kappa shape index (κ3) is 3.61. The van der Waals surface area contributed by atoms with Crippen LogP contribution in [-0.4, -0.2) is 32.1 Å². The van der Waals surface area contributed by atoms with Crippen molar-refractivity contribution in [2.75, 3.05) is 6.54 Å². The van der Waals surface area contributed by atoms with Gasteiger partial charge >= 0.3 is 0 Å². The first kappa shape index (κ1) is 15.5. The highest BCUT2D eigenvalue weighted by Crippen LogP contribution is 2.28. The van der Waals surface area contributed by atoms with Gasteiger partial charge in [0.2, 0.25) is 0 Å². The molecule has 0 bridgehead atoms. The van der Waals surface area contributed by atoms with E-state index in [-0.39, 0.29) is 0 Å². The summed E-state index contributed by atoms with van der Waals surface area (Å²) < 4.78 is 3.32. The molecule has 2 heterocycles. The van der Waals surface area contributed by atoms with Crippen LogP contribution in [0.2, 0.25) is 0 Å². The molecule has 1 fully saturated rings. The van der Waals surface area contributed by atoms with Crippen LogP contribution in [0.25, 0.3) is 0 Å². The highest BCUT2D eigenvalue weighted by molar-refractivity contribution is 9.10. The molecule has 1 aromatic rings. The summed E-state index contributed by atoms with van der Waals surface area (Å²) >= 11 is 7.39. The summed E-state index contributed by atoms with van der Waals surface area (Å²) in [6.45, 7) is 9.64. The number of rotatable bonds is 5. The molecule has 0 aliphatic carbocycles. The van der Waals surface area contributed by atoms with Gasteiger partial charge in [0.25, 0.3) is 0 Å². The van der Waals surface area contributed by atoms with Crippen LogP contribution in [-0.2, 0) is 13.1 Å². The molecule has 1 aliphatic heterocycles. The van der Waals surface area contributed by atoms with E-state index in [0.29, 0.717) is 10.9 Å². The van der Waals surface area contributed by atoms with Gasteiger partial charge in [-0.1, -0.05) is 22.9 Å². The molecule has 2 rings (SSSR count). The van der Waals surface area contributed by atoms with E-state index in [1.165, 1.54) is 36.0 Å². The van der Waals surface area contributed by atoms with Crippen molar-refractivity contribution >= 4 is 31.9 Å². The van der Waals surface area contributed by atoms with Crippen LogP contribution in [0, 0.1) is 6.92 Å². The van der Waals surface area contributed by atoms with E-state index in [1.807, 2.05) is 0 Å². The van der Waals surface area contributed by atoms with Gasteiger partial charge in [0.1, 0.15) is 0 Å². The zero-order chi connectivity index (χ0) is 14.0. The topological polar surface area (TPSA) is 21.1 Å². The molecule has 5 heteroatoms. The van der Waals surface area contributed by atoms with Crippen molar-refractivity contribution in [3.05, 3.63) is 15.9 Å². The monoisotopic (exact) mass is 391 g/mol. The highest BCUT2D eigenvalue weighted by atomic mass is 79.9. The molecule has 1 saturated heterocycles. The normalized spacial score (nSPS) is 22.1. The number of likely N-dealkylation sites (tertiary alicyclic amines) is 1. The van der Waals surface area contributed by atoms with Crippen LogP contribution in [0.5, 0.6) is 0 Å².